The van der Waals surface area contributed by atoms with Crippen molar-refractivity contribution in [1.82, 2.24) is 0 Å². The molecule has 0 aliphatic heterocycles. The van der Waals surface area contributed by atoms with Crippen LogP contribution in [0, 0.1) is 0 Å². The maximum Gasteiger partial charge on any atom is 0.272 e. The number of aliphatic hydroxyl groups is 2. The minimum Gasteiger partial charge on any atom is -0.392 e. The Morgan fingerprint density at radius 2 is 1.25 bits per heavy atom. The largest absolute Gasteiger partial charge is 0.392 e. The summed E-state index contributed by atoms with van der Waals surface area (Å²) in [6, 6.07) is 0. The highest BCUT2D eigenvalue weighted by molar-refractivity contribution is 7.90. The summed E-state index contributed by atoms with van der Waals surface area (Å²) in [7, 11) is -15.5. The van der Waals surface area contributed by atoms with E-state index in [0.717, 1.165) is 6.92 Å². The van der Waals surface area contributed by atoms with E-state index in [0.29, 0.717) is 0 Å². The normalized spacial score (nSPS) is 20.1. The van der Waals surface area contributed by atoms with E-state index in [2.05, 4.69) is 0 Å². The van der Waals surface area contributed by atoms with Crippen molar-refractivity contribution < 1.29 is 49.1 Å². The maximum atomic E-state index is 11.0. The molecule has 0 aromatic rings. The monoisotopic (exact) mass is 358 g/mol. The SMILES string of the molecule is CC(O)C(C(O)C(CS(=O)(=O)O)S(=O)(=O)O)S(=O)(=O)O. The lowest BCUT2D eigenvalue weighted by Gasteiger charge is -2.27. The Hall–Kier alpha value is -0.350. The Labute approximate surface area is 115 Å². The van der Waals surface area contributed by atoms with Gasteiger partial charge in [0, 0.05) is 0 Å². The minimum atomic E-state index is -5.31. The molecule has 5 N–H and O–H groups in total. The molecule has 0 spiro atoms. The summed E-state index contributed by atoms with van der Waals surface area (Å²) in [6.45, 7) is 0.774. The fraction of sp³-hybridized carbons (Fsp3) is 1.00. The second-order valence-corrected chi connectivity index (χ2v) is 8.72. The van der Waals surface area contributed by atoms with E-state index < -0.39 is 58.8 Å². The van der Waals surface area contributed by atoms with Gasteiger partial charge >= 0.3 is 0 Å². The van der Waals surface area contributed by atoms with Gasteiger partial charge in [-0.15, -0.1) is 0 Å². The molecule has 0 saturated carbocycles. The fourth-order valence-electron chi connectivity index (χ4n) is 1.49. The van der Waals surface area contributed by atoms with E-state index >= 15 is 0 Å². The Bertz CT molecular complexity index is 628. The summed E-state index contributed by atoms with van der Waals surface area (Å²) >= 11 is 0. The second-order valence-electron chi connectivity index (χ2n) is 4.01. The molecule has 4 atom stereocenters. The number of hydrogen-bond donors (Lipinski definition) is 5. The first-order valence-corrected chi connectivity index (χ1v) is 9.43. The zero-order chi connectivity index (χ0) is 16.5. The molecule has 0 saturated heterocycles. The molecule has 11 nitrogen and oxygen atoms in total. The molecule has 0 aliphatic rings. The van der Waals surface area contributed by atoms with Crippen LogP contribution in [0.25, 0.3) is 0 Å². The van der Waals surface area contributed by atoms with Crippen molar-refractivity contribution in [2.24, 2.45) is 0 Å². The van der Waals surface area contributed by atoms with Crippen LogP contribution in [-0.4, -0.2) is 77.6 Å². The van der Waals surface area contributed by atoms with Crippen LogP contribution in [0.15, 0.2) is 0 Å². The third-order valence-corrected chi connectivity index (χ3v) is 5.86. The Kier molecular flexibility index (Phi) is 6.08. The van der Waals surface area contributed by atoms with Gasteiger partial charge in [-0.3, -0.25) is 13.7 Å². The lowest BCUT2D eigenvalue weighted by molar-refractivity contribution is 0.0895. The highest BCUT2D eigenvalue weighted by Crippen LogP contribution is 2.19. The first-order valence-electron chi connectivity index (χ1n) is 4.81. The van der Waals surface area contributed by atoms with E-state index in [1.54, 1.807) is 0 Å². The molecule has 0 radical (unpaired) electrons. The molecular formula is C6H14O11S3. The van der Waals surface area contributed by atoms with Crippen LogP contribution >= 0.6 is 0 Å². The predicted octanol–water partition coefficient (Wildman–Crippen LogP) is -2.87. The summed E-state index contributed by atoms with van der Waals surface area (Å²) < 4.78 is 91.2. The van der Waals surface area contributed by atoms with Crippen molar-refractivity contribution in [2.45, 2.75) is 29.6 Å². The van der Waals surface area contributed by atoms with Gasteiger partial charge in [-0.1, -0.05) is 0 Å². The van der Waals surface area contributed by atoms with Crippen LogP contribution in [0.4, 0.5) is 0 Å². The zero-order valence-electron chi connectivity index (χ0n) is 9.93. The van der Waals surface area contributed by atoms with E-state index in [1.165, 1.54) is 0 Å². The van der Waals surface area contributed by atoms with Crippen molar-refractivity contribution in [3.8, 4) is 0 Å². The van der Waals surface area contributed by atoms with Gasteiger partial charge in [-0.05, 0) is 6.92 Å². The van der Waals surface area contributed by atoms with Crippen LogP contribution < -0.4 is 0 Å². The van der Waals surface area contributed by atoms with Gasteiger partial charge in [0.15, 0.2) is 0 Å². The molecule has 0 fully saturated rings. The maximum absolute atomic E-state index is 11.0. The molecule has 0 aliphatic carbocycles. The van der Waals surface area contributed by atoms with Crippen LogP contribution in [0.3, 0.4) is 0 Å². The minimum absolute atomic E-state index is 0.774. The van der Waals surface area contributed by atoms with E-state index in [-0.39, 0.29) is 0 Å². The van der Waals surface area contributed by atoms with Crippen molar-refractivity contribution in [3.05, 3.63) is 0 Å². The Morgan fingerprint density at radius 3 is 1.45 bits per heavy atom. The lowest BCUT2D eigenvalue weighted by atomic mass is 10.1. The number of aliphatic hydroxyl groups excluding tert-OH is 2. The Balaban J connectivity index is 5.82. The molecule has 0 heterocycles. The third-order valence-electron chi connectivity index (χ3n) is 2.29. The molecule has 0 amide bonds. The predicted molar refractivity (Wildman–Crippen MR) is 64.8 cm³/mol. The van der Waals surface area contributed by atoms with Gasteiger partial charge in [0.25, 0.3) is 30.4 Å². The average Bonchev–Trinajstić information content (AvgIpc) is 2.07. The first-order chi connectivity index (χ1) is 8.57. The summed E-state index contributed by atoms with van der Waals surface area (Å²) in [4.78, 5) is 0. The highest BCUT2D eigenvalue weighted by Gasteiger charge is 2.46. The van der Waals surface area contributed by atoms with Crippen LogP contribution in [0.2, 0.25) is 0 Å². The quantitative estimate of drug-likeness (QED) is 0.292. The molecule has 20 heavy (non-hydrogen) atoms. The van der Waals surface area contributed by atoms with Crippen LogP contribution in [0.5, 0.6) is 0 Å². The average molecular weight is 358 g/mol. The molecule has 122 valence electrons. The molecule has 0 bridgehead atoms. The van der Waals surface area contributed by atoms with Gasteiger partial charge in [-0.25, -0.2) is 0 Å². The van der Waals surface area contributed by atoms with Crippen LogP contribution in [0.1, 0.15) is 6.92 Å². The summed E-state index contributed by atoms with van der Waals surface area (Å²) in [5, 5.41) is 13.5. The topological polar surface area (TPSA) is 204 Å². The first kappa shape index (κ1) is 19.7. The molecule has 0 aromatic heterocycles. The van der Waals surface area contributed by atoms with Gasteiger partial charge in [0.1, 0.15) is 10.5 Å². The summed E-state index contributed by atoms with van der Waals surface area (Å²) in [6.07, 6.45) is -4.70. The summed E-state index contributed by atoms with van der Waals surface area (Å²) in [5.74, 6) is -1.73. The molecule has 4 unspecified atom stereocenters. The van der Waals surface area contributed by atoms with Crippen molar-refractivity contribution in [2.75, 3.05) is 5.75 Å². The number of hydrogen-bond acceptors (Lipinski definition) is 8. The molecule has 0 aromatic carbocycles. The van der Waals surface area contributed by atoms with Crippen molar-refractivity contribution in [1.29, 1.82) is 0 Å². The Morgan fingerprint density at radius 1 is 0.850 bits per heavy atom. The van der Waals surface area contributed by atoms with E-state index in [4.69, 9.17) is 18.8 Å². The van der Waals surface area contributed by atoms with Gasteiger partial charge < -0.3 is 10.2 Å². The van der Waals surface area contributed by atoms with Gasteiger partial charge in [0.2, 0.25) is 0 Å². The van der Waals surface area contributed by atoms with Crippen LogP contribution in [-0.2, 0) is 30.4 Å². The smallest absolute Gasteiger partial charge is 0.272 e. The van der Waals surface area contributed by atoms with Gasteiger partial charge in [0.05, 0.1) is 18.0 Å². The van der Waals surface area contributed by atoms with Gasteiger partial charge in [-0.2, -0.15) is 25.3 Å². The summed E-state index contributed by atoms with van der Waals surface area (Å²) in [5.41, 5.74) is 0. The standard InChI is InChI=1S/C6H14O11S3/c1-3(7)6(20(15,16)17)5(8)4(19(12,13)14)2-18(9,10)11/h3-8H,2H2,1H3,(H,9,10,11)(H,12,13,14)(H,15,16,17). The molecule has 0 rings (SSSR count). The second kappa shape index (κ2) is 6.18. The third kappa shape index (κ3) is 5.96. The number of rotatable bonds is 7. The zero-order valence-corrected chi connectivity index (χ0v) is 12.4. The molecule has 14 heteroatoms. The van der Waals surface area contributed by atoms with E-state index in [1.807, 2.05) is 0 Å². The van der Waals surface area contributed by atoms with E-state index in [9.17, 15) is 30.4 Å². The lowest BCUT2D eigenvalue weighted by Crippen LogP contribution is -2.52. The fourth-order valence-corrected chi connectivity index (χ4v) is 4.97. The highest BCUT2D eigenvalue weighted by atomic mass is 32.2. The molecular weight excluding hydrogens is 344 g/mol. The van der Waals surface area contributed by atoms with Crippen molar-refractivity contribution in [3.63, 3.8) is 0 Å². The van der Waals surface area contributed by atoms with Crippen molar-refractivity contribution >= 4 is 30.4 Å².